The van der Waals surface area contributed by atoms with E-state index in [0.29, 0.717) is 23.0 Å². The van der Waals surface area contributed by atoms with Crippen LogP contribution in [0.2, 0.25) is 0 Å². The average Bonchev–Trinajstić information content (AvgIpc) is 3.21. The zero-order valence-corrected chi connectivity index (χ0v) is 23.1. The molecule has 200 valence electrons. The van der Waals surface area contributed by atoms with E-state index >= 15 is 0 Å². The number of aromatic nitrogens is 2. The SMILES string of the molecule is CC=CN1CCC(CCn2nc(C)c3ccc(NC(=O)c4ccc5c(c4OC)C=CC(C)(C)O5)cc32)CC1. The Balaban J connectivity index is 1.32. The van der Waals surface area contributed by atoms with E-state index in [-0.39, 0.29) is 5.91 Å². The number of allylic oxidation sites excluding steroid dienone is 1. The third kappa shape index (κ3) is 5.28. The van der Waals surface area contributed by atoms with Crippen LogP contribution in [0.3, 0.4) is 0 Å². The van der Waals surface area contributed by atoms with Gasteiger partial charge in [0.25, 0.3) is 5.91 Å². The van der Waals surface area contributed by atoms with Crippen LogP contribution in [0.25, 0.3) is 17.0 Å². The lowest BCUT2D eigenvalue weighted by atomic mass is 9.94. The zero-order valence-electron chi connectivity index (χ0n) is 23.1. The normalized spacial score (nSPS) is 17.0. The first-order chi connectivity index (χ1) is 18.3. The van der Waals surface area contributed by atoms with Crippen molar-refractivity contribution in [1.82, 2.24) is 14.7 Å². The van der Waals surface area contributed by atoms with E-state index in [1.807, 2.05) is 57.2 Å². The lowest BCUT2D eigenvalue weighted by Gasteiger charge is -2.31. The number of nitrogens with one attached hydrogen (secondary N) is 1. The van der Waals surface area contributed by atoms with Gasteiger partial charge in [-0.1, -0.05) is 6.08 Å². The van der Waals surface area contributed by atoms with Crippen molar-refractivity contribution in [2.24, 2.45) is 5.92 Å². The molecule has 0 atom stereocenters. The lowest BCUT2D eigenvalue weighted by Crippen LogP contribution is -2.30. The molecule has 7 heteroatoms. The molecule has 1 amide bonds. The minimum Gasteiger partial charge on any atom is -0.495 e. The number of rotatable bonds is 7. The van der Waals surface area contributed by atoms with Gasteiger partial charge in [-0.05, 0) is 102 Å². The van der Waals surface area contributed by atoms with Gasteiger partial charge >= 0.3 is 0 Å². The number of carbonyl (C=O) groups excluding carboxylic acids is 1. The molecule has 0 aliphatic carbocycles. The molecular weight excluding hydrogens is 476 g/mol. The van der Waals surface area contributed by atoms with Gasteiger partial charge in [0.2, 0.25) is 0 Å². The summed E-state index contributed by atoms with van der Waals surface area (Å²) in [5.41, 5.74) is 3.63. The Kier molecular flexibility index (Phi) is 7.19. The zero-order chi connectivity index (χ0) is 26.9. The van der Waals surface area contributed by atoms with Crippen molar-refractivity contribution >= 4 is 28.6 Å². The Bertz CT molecular complexity index is 1390. The molecule has 2 aliphatic rings. The lowest BCUT2D eigenvalue weighted by molar-refractivity contribution is 0.102. The van der Waals surface area contributed by atoms with E-state index in [1.54, 1.807) is 13.2 Å². The fourth-order valence-electron chi connectivity index (χ4n) is 5.52. The standard InChI is InChI=1S/C31H38N4O3/c1-6-16-34-17-12-22(13-18-34)14-19-35-27-20-23(7-8-24(27)21(2)33-35)32-30(36)26-9-10-28-25(29(26)37-5)11-15-31(3,4)38-28/h6-11,15-16,20,22H,12-14,17-19H2,1-5H3,(H,32,36). The van der Waals surface area contributed by atoms with Crippen molar-refractivity contribution in [3.05, 3.63) is 65.5 Å². The first kappa shape index (κ1) is 25.9. The Morgan fingerprint density at radius 2 is 2.03 bits per heavy atom. The molecule has 0 spiro atoms. The topological polar surface area (TPSA) is 68.6 Å². The van der Waals surface area contributed by atoms with Gasteiger partial charge in [0, 0.05) is 30.7 Å². The van der Waals surface area contributed by atoms with Crippen LogP contribution >= 0.6 is 0 Å². The number of hydrogen-bond acceptors (Lipinski definition) is 5. The van der Waals surface area contributed by atoms with Crippen molar-refractivity contribution in [3.63, 3.8) is 0 Å². The average molecular weight is 515 g/mol. The van der Waals surface area contributed by atoms with Gasteiger partial charge in [0.1, 0.15) is 17.1 Å². The molecule has 38 heavy (non-hydrogen) atoms. The summed E-state index contributed by atoms with van der Waals surface area (Å²) in [5.74, 6) is 1.70. The second-order valence-electron chi connectivity index (χ2n) is 10.8. The van der Waals surface area contributed by atoms with Gasteiger partial charge in [-0.3, -0.25) is 9.48 Å². The summed E-state index contributed by atoms with van der Waals surface area (Å²) >= 11 is 0. The van der Waals surface area contributed by atoms with Gasteiger partial charge in [-0.2, -0.15) is 5.10 Å². The van der Waals surface area contributed by atoms with E-state index in [2.05, 4.69) is 34.1 Å². The minimum absolute atomic E-state index is 0.224. The molecule has 1 saturated heterocycles. The van der Waals surface area contributed by atoms with E-state index in [1.165, 1.54) is 12.8 Å². The van der Waals surface area contributed by atoms with Crippen molar-refractivity contribution in [1.29, 1.82) is 0 Å². The van der Waals surface area contributed by atoms with Crippen LogP contribution in [-0.2, 0) is 6.54 Å². The van der Waals surface area contributed by atoms with Crippen LogP contribution < -0.4 is 14.8 Å². The van der Waals surface area contributed by atoms with E-state index < -0.39 is 5.60 Å². The Morgan fingerprint density at radius 1 is 1.24 bits per heavy atom. The Labute approximate surface area is 225 Å². The number of methoxy groups -OCH3 is 1. The van der Waals surface area contributed by atoms with Crippen LogP contribution in [0.4, 0.5) is 5.69 Å². The first-order valence-corrected chi connectivity index (χ1v) is 13.5. The fraction of sp³-hybridized carbons (Fsp3) is 0.419. The van der Waals surface area contributed by atoms with Gasteiger partial charge in [-0.25, -0.2) is 0 Å². The van der Waals surface area contributed by atoms with Crippen LogP contribution in [0, 0.1) is 12.8 Å². The van der Waals surface area contributed by atoms with Gasteiger partial charge in [0.15, 0.2) is 0 Å². The number of amides is 1. The maximum atomic E-state index is 13.4. The Hall–Kier alpha value is -3.74. The third-order valence-electron chi connectivity index (χ3n) is 7.58. The van der Waals surface area contributed by atoms with Gasteiger partial charge in [-0.15, -0.1) is 0 Å². The number of ether oxygens (including phenoxy) is 2. The number of benzene rings is 2. The van der Waals surface area contributed by atoms with Gasteiger partial charge < -0.3 is 19.7 Å². The molecule has 0 bridgehead atoms. The first-order valence-electron chi connectivity index (χ1n) is 13.5. The maximum Gasteiger partial charge on any atom is 0.259 e. The van der Waals surface area contributed by atoms with Crippen LogP contribution in [0.15, 0.2) is 48.7 Å². The van der Waals surface area contributed by atoms with Crippen molar-refractivity contribution in [3.8, 4) is 11.5 Å². The summed E-state index contributed by atoms with van der Waals surface area (Å²) in [6.45, 7) is 11.2. The number of nitrogens with zero attached hydrogens (tertiary/aromatic N) is 3. The molecule has 3 aromatic rings. The predicted molar refractivity (Wildman–Crippen MR) is 153 cm³/mol. The summed E-state index contributed by atoms with van der Waals surface area (Å²) in [4.78, 5) is 15.8. The highest BCUT2D eigenvalue weighted by atomic mass is 16.5. The molecule has 0 unspecified atom stereocenters. The van der Waals surface area contributed by atoms with Crippen LogP contribution in [0.5, 0.6) is 11.5 Å². The second kappa shape index (κ2) is 10.6. The molecule has 2 aliphatic heterocycles. The summed E-state index contributed by atoms with van der Waals surface area (Å²) in [6.07, 6.45) is 11.8. The van der Waals surface area contributed by atoms with E-state index in [4.69, 9.17) is 14.6 Å². The third-order valence-corrected chi connectivity index (χ3v) is 7.58. The highest BCUT2D eigenvalue weighted by Gasteiger charge is 2.27. The largest absolute Gasteiger partial charge is 0.495 e. The summed E-state index contributed by atoms with van der Waals surface area (Å²) in [6, 6.07) is 9.60. The number of carbonyl (C=O) groups is 1. The maximum absolute atomic E-state index is 13.4. The molecule has 1 aromatic heterocycles. The fourth-order valence-corrected chi connectivity index (χ4v) is 5.52. The summed E-state index contributed by atoms with van der Waals surface area (Å²) in [7, 11) is 1.58. The monoisotopic (exact) mass is 514 g/mol. The highest BCUT2D eigenvalue weighted by Crippen LogP contribution is 2.39. The molecule has 0 saturated carbocycles. The molecule has 1 fully saturated rings. The quantitative estimate of drug-likeness (QED) is 0.394. The number of fused-ring (bicyclic) bond motifs is 2. The number of piperidine rings is 1. The highest BCUT2D eigenvalue weighted by molar-refractivity contribution is 6.08. The number of hydrogen-bond donors (Lipinski definition) is 1. The summed E-state index contributed by atoms with van der Waals surface area (Å²) < 4.78 is 13.8. The smallest absolute Gasteiger partial charge is 0.259 e. The molecule has 2 aromatic carbocycles. The Morgan fingerprint density at radius 3 is 2.76 bits per heavy atom. The molecule has 3 heterocycles. The number of aryl methyl sites for hydroxylation is 2. The molecule has 5 rings (SSSR count). The molecule has 0 radical (unpaired) electrons. The van der Waals surface area contributed by atoms with Crippen LogP contribution in [-0.4, -0.2) is 46.4 Å². The molecule has 7 nitrogen and oxygen atoms in total. The second-order valence-corrected chi connectivity index (χ2v) is 10.8. The molecular formula is C31H38N4O3. The van der Waals surface area contributed by atoms with Crippen molar-refractivity contribution in [2.75, 3.05) is 25.5 Å². The van der Waals surface area contributed by atoms with Crippen molar-refractivity contribution in [2.45, 2.75) is 59.1 Å². The van der Waals surface area contributed by atoms with E-state index in [0.717, 1.165) is 53.9 Å². The number of likely N-dealkylation sites (tertiary alicyclic amines) is 1. The number of anilines is 1. The summed E-state index contributed by atoms with van der Waals surface area (Å²) in [5, 5.41) is 9.01. The van der Waals surface area contributed by atoms with Crippen LogP contribution in [0.1, 0.15) is 61.6 Å². The predicted octanol–water partition coefficient (Wildman–Crippen LogP) is 6.43. The van der Waals surface area contributed by atoms with Gasteiger partial charge in [0.05, 0.1) is 29.4 Å². The van der Waals surface area contributed by atoms with Crippen molar-refractivity contribution < 1.29 is 14.3 Å². The molecule has 1 N–H and O–H groups in total. The minimum atomic E-state index is -0.401. The van der Waals surface area contributed by atoms with E-state index in [9.17, 15) is 4.79 Å².